The lowest BCUT2D eigenvalue weighted by Gasteiger charge is -2.34. The van der Waals surface area contributed by atoms with E-state index in [4.69, 9.17) is 17.7 Å². The molecule has 0 heterocycles. The summed E-state index contributed by atoms with van der Waals surface area (Å²) >= 11 is 0. The molecule has 0 aliphatic carbocycles. The molecule has 0 atom stereocenters. The molecular formula is C34H60O5Si4. The van der Waals surface area contributed by atoms with E-state index in [1.807, 2.05) is 6.07 Å². The fourth-order valence-electron chi connectivity index (χ4n) is 6.10. The van der Waals surface area contributed by atoms with Crippen molar-refractivity contribution >= 4 is 39.2 Å². The molecule has 2 aromatic rings. The van der Waals surface area contributed by atoms with Crippen LogP contribution in [0.2, 0.25) is 77.1 Å². The van der Waals surface area contributed by atoms with Crippen molar-refractivity contribution in [2.75, 3.05) is 7.11 Å². The summed E-state index contributed by atoms with van der Waals surface area (Å²) in [6.45, 7) is 24.7. The van der Waals surface area contributed by atoms with E-state index < -0.39 is 33.3 Å². The average molecular weight is 661 g/mol. The molecule has 2 aromatic carbocycles. The normalized spacial score (nSPS) is 12.8. The molecule has 0 N–H and O–H groups in total. The van der Waals surface area contributed by atoms with Crippen LogP contribution < -0.4 is 9.47 Å². The fraction of sp³-hybridized carbons (Fsp3) is 0.618. The van der Waals surface area contributed by atoms with Gasteiger partial charge in [-0.05, 0) is 149 Å². The summed E-state index contributed by atoms with van der Waals surface area (Å²) in [7, 11) is -4.92. The number of hydrogen-bond donors (Lipinski definition) is 0. The third kappa shape index (κ3) is 14.0. The Bertz CT molecular complexity index is 1190. The zero-order valence-corrected chi connectivity index (χ0v) is 33.4. The van der Waals surface area contributed by atoms with E-state index in [0.717, 1.165) is 60.2 Å². The summed E-state index contributed by atoms with van der Waals surface area (Å²) in [5.74, 6) is 1.31. The smallest absolute Gasteiger partial charge is 0.308 e. The molecule has 0 aromatic heterocycles. The lowest BCUT2D eigenvalue weighted by molar-refractivity contribution is -0.131. The van der Waals surface area contributed by atoms with Gasteiger partial charge < -0.3 is 17.7 Å². The third-order valence-electron chi connectivity index (χ3n) is 7.65. The first-order valence-corrected chi connectivity index (χ1v) is 29.0. The van der Waals surface area contributed by atoms with Gasteiger partial charge in [0.05, 0.1) is 7.11 Å². The van der Waals surface area contributed by atoms with Gasteiger partial charge in [-0.15, -0.1) is 0 Å². The van der Waals surface area contributed by atoms with Crippen molar-refractivity contribution in [3.05, 3.63) is 47.5 Å². The Labute approximate surface area is 267 Å². The predicted molar refractivity (Wildman–Crippen MR) is 194 cm³/mol. The molecule has 0 spiro atoms. The van der Waals surface area contributed by atoms with Crippen LogP contribution in [0.15, 0.2) is 36.4 Å². The summed E-state index contributed by atoms with van der Waals surface area (Å²) < 4.78 is 24.8. The first kappa shape index (κ1) is 37.7. The number of methoxy groups -OCH3 is 1. The number of aryl methyl sites for hydroxylation is 2. The average Bonchev–Trinajstić information content (AvgIpc) is 2.85. The molecule has 0 saturated carbocycles. The molecule has 0 bridgehead atoms. The predicted octanol–water partition coefficient (Wildman–Crippen LogP) is 10.4. The number of hydrogen-bond acceptors (Lipinski definition) is 5. The van der Waals surface area contributed by atoms with Gasteiger partial charge in [0.25, 0.3) is 0 Å². The van der Waals surface area contributed by atoms with E-state index >= 15 is 0 Å². The highest BCUT2D eigenvalue weighted by Crippen LogP contribution is 2.33. The van der Waals surface area contributed by atoms with Gasteiger partial charge in [-0.2, -0.15) is 0 Å². The Morgan fingerprint density at radius 3 is 1.53 bits per heavy atom. The quantitative estimate of drug-likeness (QED) is 0.0905. The van der Waals surface area contributed by atoms with Crippen LogP contribution in [0, 0.1) is 0 Å². The van der Waals surface area contributed by atoms with Crippen LogP contribution in [0.25, 0.3) is 11.1 Å². The third-order valence-corrected chi connectivity index (χ3v) is 21.4. The summed E-state index contributed by atoms with van der Waals surface area (Å²) in [5, 5.41) is 0. The van der Waals surface area contributed by atoms with Crippen LogP contribution in [-0.4, -0.2) is 46.3 Å². The number of carbonyl (C=O) groups excluding carboxylic acids is 1. The molecule has 0 aliphatic heterocycles. The van der Waals surface area contributed by atoms with Crippen molar-refractivity contribution < 1.29 is 22.5 Å². The fourth-order valence-corrected chi connectivity index (χ4v) is 23.2. The maximum atomic E-state index is 11.9. The van der Waals surface area contributed by atoms with Crippen LogP contribution in [0.5, 0.6) is 11.5 Å². The van der Waals surface area contributed by atoms with Gasteiger partial charge in [-0.1, -0.05) is 31.9 Å². The zero-order valence-electron chi connectivity index (χ0n) is 29.4. The second kappa shape index (κ2) is 16.2. The van der Waals surface area contributed by atoms with Gasteiger partial charge in [0.1, 0.15) is 11.5 Å². The molecule has 0 radical (unpaired) electrons. The van der Waals surface area contributed by atoms with Crippen LogP contribution in [0.1, 0.15) is 50.7 Å². The van der Waals surface area contributed by atoms with Crippen molar-refractivity contribution in [3.8, 4) is 22.6 Å². The van der Waals surface area contributed by atoms with E-state index in [0.29, 0.717) is 5.75 Å². The van der Waals surface area contributed by atoms with Crippen LogP contribution >= 0.6 is 0 Å². The second-order valence-electron chi connectivity index (χ2n) is 14.8. The lowest BCUT2D eigenvalue weighted by Crippen LogP contribution is -2.44. The molecule has 43 heavy (non-hydrogen) atoms. The number of benzene rings is 2. The summed E-state index contributed by atoms with van der Waals surface area (Å²) in [4.78, 5) is 11.9. The van der Waals surface area contributed by atoms with Crippen LogP contribution in [0.3, 0.4) is 0 Å². The van der Waals surface area contributed by atoms with Gasteiger partial charge in [0.2, 0.25) is 0 Å². The molecule has 0 amide bonds. The standard InChI is InChI=1S/C34H60O5Si4/c1-13-14-23-42(9,10)39-43(11,12)25-16-18-32-27-30(20-22-34(32)37-28(2)35)29-19-21-33(36-3)31(26-29)17-15-24-41(7,8)38-40(4,5)6/h19-22,26-27H,13-18,23-25H2,1-12H3. The SMILES string of the molecule is CCCC[Si](C)(C)O[Si](C)(C)CCCc1cc(-c2ccc(OC)c(CCC[Si](C)(C)O[Si](C)(C)C)c2)ccc1OC(C)=O. The highest BCUT2D eigenvalue weighted by atomic mass is 28.4. The minimum Gasteiger partial charge on any atom is -0.496 e. The zero-order chi connectivity index (χ0) is 32.5. The Kier molecular flexibility index (Phi) is 14.2. The molecule has 9 heteroatoms. The molecule has 0 saturated heterocycles. The largest absolute Gasteiger partial charge is 0.496 e. The van der Waals surface area contributed by atoms with E-state index in [9.17, 15) is 4.79 Å². The maximum absolute atomic E-state index is 11.9. The van der Waals surface area contributed by atoms with E-state index in [1.165, 1.54) is 31.4 Å². The summed E-state index contributed by atoms with van der Waals surface area (Å²) in [6.07, 6.45) is 6.38. The number of ether oxygens (including phenoxy) is 2. The summed E-state index contributed by atoms with van der Waals surface area (Å²) in [6, 6.07) is 16.2. The highest BCUT2D eigenvalue weighted by molar-refractivity contribution is 6.85. The molecular weight excluding hydrogens is 601 g/mol. The Morgan fingerprint density at radius 1 is 0.651 bits per heavy atom. The Morgan fingerprint density at radius 2 is 1.09 bits per heavy atom. The lowest BCUT2D eigenvalue weighted by atomic mass is 9.97. The molecule has 242 valence electrons. The van der Waals surface area contributed by atoms with Crippen molar-refractivity contribution in [1.29, 1.82) is 0 Å². The van der Waals surface area contributed by atoms with E-state index in [2.05, 4.69) is 96.2 Å². The van der Waals surface area contributed by atoms with Gasteiger partial charge in [-0.3, -0.25) is 4.79 Å². The van der Waals surface area contributed by atoms with Crippen LogP contribution in [0.4, 0.5) is 0 Å². The molecule has 0 fully saturated rings. The molecule has 2 rings (SSSR count). The van der Waals surface area contributed by atoms with Gasteiger partial charge in [-0.25, -0.2) is 0 Å². The van der Waals surface area contributed by atoms with Crippen molar-refractivity contribution in [2.24, 2.45) is 0 Å². The minimum absolute atomic E-state index is 0.285. The van der Waals surface area contributed by atoms with Gasteiger partial charge >= 0.3 is 5.97 Å². The Balaban J connectivity index is 2.23. The molecule has 0 aliphatic rings. The number of carbonyl (C=O) groups is 1. The van der Waals surface area contributed by atoms with E-state index in [-0.39, 0.29) is 5.97 Å². The van der Waals surface area contributed by atoms with Gasteiger partial charge in [0, 0.05) is 6.92 Å². The number of rotatable bonds is 18. The minimum atomic E-state index is -1.79. The monoisotopic (exact) mass is 660 g/mol. The second-order valence-corrected chi connectivity index (χ2v) is 32.8. The van der Waals surface area contributed by atoms with Crippen molar-refractivity contribution in [3.63, 3.8) is 0 Å². The highest BCUT2D eigenvalue weighted by Gasteiger charge is 2.32. The first-order chi connectivity index (χ1) is 19.9. The summed E-state index contributed by atoms with van der Waals surface area (Å²) in [5.41, 5.74) is 4.59. The number of unbranched alkanes of at least 4 members (excludes halogenated alkanes) is 1. The first-order valence-electron chi connectivity index (χ1n) is 16.2. The van der Waals surface area contributed by atoms with Crippen molar-refractivity contribution in [1.82, 2.24) is 0 Å². The van der Waals surface area contributed by atoms with Crippen molar-refractivity contribution in [2.45, 2.75) is 129 Å². The topological polar surface area (TPSA) is 54.0 Å². The maximum Gasteiger partial charge on any atom is 0.308 e. The molecule has 5 nitrogen and oxygen atoms in total. The Hall–Kier alpha value is -1.50. The molecule has 0 unspecified atom stereocenters. The van der Waals surface area contributed by atoms with Crippen LogP contribution in [-0.2, 0) is 25.9 Å². The number of esters is 1. The van der Waals surface area contributed by atoms with E-state index in [1.54, 1.807) is 7.11 Å². The van der Waals surface area contributed by atoms with Gasteiger partial charge in [0.15, 0.2) is 33.3 Å².